The van der Waals surface area contributed by atoms with E-state index < -0.39 is 0 Å². The molecule has 0 radical (unpaired) electrons. The first-order chi connectivity index (χ1) is 13.0. The predicted octanol–water partition coefficient (Wildman–Crippen LogP) is 3.51. The van der Waals surface area contributed by atoms with Crippen LogP contribution in [0, 0.1) is 0 Å². The molecule has 1 amide bonds. The maximum absolute atomic E-state index is 12.8. The van der Waals surface area contributed by atoms with Crippen molar-refractivity contribution in [2.45, 2.75) is 39.5 Å². The Kier molecular flexibility index (Phi) is 5.66. The number of benzene rings is 2. The first-order valence-corrected chi connectivity index (χ1v) is 9.00. The number of nitrogens with zero attached hydrogens (tertiary/aromatic N) is 3. The Morgan fingerprint density at radius 2 is 1.93 bits per heavy atom. The molecule has 0 aliphatic heterocycles. The number of amides is 1. The first kappa shape index (κ1) is 18.8. The highest BCUT2D eigenvalue weighted by Crippen LogP contribution is 2.25. The lowest BCUT2D eigenvalue weighted by Crippen LogP contribution is -2.29. The molecule has 2 aromatic carbocycles. The summed E-state index contributed by atoms with van der Waals surface area (Å²) in [6, 6.07) is 15.0. The Hall–Kier alpha value is -2.99. The van der Waals surface area contributed by atoms with Crippen LogP contribution in [0.2, 0.25) is 0 Å². The molecule has 27 heavy (non-hydrogen) atoms. The van der Waals surface area contributed by atoms with Gasteiger partial charge in [-0.25, -0.2) is 0 Å². The Labute approximate surface area is 158 Å². The maximum Gasteiger partial charge on any atom is 0.251 e. The van der Waals surface area contributed by atoms with Crippen LogP contribution in [0.5, 0.6) is 0 Å². The molecule has 0 saturated carbocycles. The van der Waals surface area contributed by atoms with E-state index >= 15 is 0 Å². The van der Waals surface area contributed by atoms with Crippen LogP contribution in [0.4, 0.5) is 0 Å². The average Bonchev–Trinajstić information content (AvgIpc) is 3.18. The molecular formula is C21H24N4O2. The minimum Gasteiger partial charge on any atom is -0.392 e. The van der Waals surface area contributed by atoms with E-state index in [1.54, 1.807) is 12.4 Å². The van der Waals surface area contributed by atoms with E-state index in [1.807, 2.05) is 67.8 Å². The fourth-order valence-corrected chi connectivity index (χ4v) is 3.07. The van der Waals surface area contributed by atoms with Gasteiger partial charge in [-0.05, 0) is 49.6 Å². The highest BCUT2D eigenvalue weighted by atomic mass is 16.3. The van der Waals surface area contributed by atoms with Crippen LogP contribution in [0.25, 0.3) is 11.1 Å². The lowest BCUT2D eigenvalue weighted by molar-refractivity contribution is 0.0937. The van der Waals surface area contributed by atoms with Crippen molar-refractivity contribution < 1.29 is 9.90 Å². The smallest absolute Gasteiger partial charge is 0.251 e. The summed E-state index contributed by atoms with van der Waals surface area (Å²) in [5.41, 5.74) is 3.20. The zero-order valence-electron chi connectivity index (χ0n) is 15.8. The Morgan fingerprint density at radius 1 is 1.15 bits per heavy atom. The lowest BCUT2D eigenvalue weighted by Gasteiger charge is -2.17. The van der Waals surface area contributed by atoms with Gasteiger partial charge in [-0.15, -0.1) is 10.2 Å². The van der Waals surface area contributed by atoms with Crippen LogP contribution >= 0.6 is 0 Å². The zero-order valence-corrected chi connectivity index (χ0v) is 15.8. The van der Waals surface area contributed by atoms with Crippen LogP contribution in [-0.4, -0.2) is 25.8 Å². The predicted molar refractivity (Wildman–Crippen MR) is 104 cm³/mol. The fourth-order valence-electron chi connectivity index (χ4n) is 3.07. The average molecular weight is 364 g/mol. The Balaban J connectivity index is 1.82. The van der Waals surface area contributed by atoms with E-state index in [0.29, 0.717) is 5.56 Å². The number of aliphatic hydroxyl groups excluding tert-OH is 1. The number of hydrogen-bond donors (Lipinski definition) is 2. The molecule has 3 rings (SSSR count). The van der Waals surface area contributed by atoms with E-state index in [1.165, 1.54) is 0 Å². The number of aliphatic hydroxyl groups is 1. The van der Waals surface area contributed by atoms with Crippen molar-refractivity contribution in [3.05, 3.63) is 71.8 Å². The van der Waals surface area contributed by atoms with Crippen LogP contribution in [-0.2, 0) is 6.61 Å². The molecule has 1 atom stereocenters. The van der Waals surface area contributed by atoms with Gasteiger partial charge >= 0.3 is 0 Å². The third-order valence-corrected chi connectivity index (χ3v) is 4.52. The molecule has 0 saturated heterocycles. The summed E-state index contributed by atoms with van der Waals surface area (Å²) < 4.78 is 1.94. The molecule has 140 valence electrons. The standard InChI is InChI=1S/C21H24N4O2/c1-14(2)25-13-22-24-20(25)15(3)23-21(27)17-9-6-8-16(11-17)19-10-5-4-7-18(19)12-26/h4-11,13-15,26H,12H2,1-3H3,(H,23,27). The van der Waals surface area contributed by atoms with Crippen molar-refractivity contribution in [3.63, 3.8) is 0 Å². The van der Waals surface area contributed by atoms with Gasteiger partial charge in [0.15, 0.2) is 5.82 Å². The number of aromatic nitrogens is 3. The third-order valence-electron chi connectivity index (χ3n) is 4.52. The number of carbonyl (C=O) groups is 1. The minimum absolute atomic E-state index is 0.0471. The molecule has 6 heteroatoms. The number of hydrogen-bond acceptors (Lipinski definition) is 4. The lowest BCUT2D eigenvalue weighted by atomic mass is 9.98. The highest BCUT2D eigenvalue weighted by Gasteiger charge is 2.18. The Bertz CT molecular complexity index is 933. The van der Waals surface area contributed by atoms with Gasteiger partial charge in [0.1, 0.15) is 6.33 Å². The summed E-state index contributed by atoms with van der Waals surface area (Å²) in [4.78, 5) is 12.8. The van der Waals surface area contributed by atoms with Crippen LogP contribution in [0.3, 0.4) is 0 Å². The molecule has 1 heterocycles. The van der Waals surface area contributed by atoms with Crippen molar-refractivity contribution in [2.24, 2.45) is 0 Å². The van der Waals surface area contributed by atoms with Gasteiger partial charge < -0.3 is 15.0 Å². The normalized spacial score (nSPS) is 12.2. The van der Waals surface area contributed by atoms with E-state index in [-0.39, 0.29) is 24.6 Å². The largest absolute Gasteiger partial charge is 0.392 e. The molecule has 0 fully saturated rings. The van der Waals surface area contributed by atoms with Gasteiger partial charge in [-0.3, -0.25) is 4.79 Å². The maximum atomic E-state index is 12.8. The second kappa shape index (κ2) is 8.14. The van der Waals surface area contributed by atoms with E-state index in [2.05, 4.69) is 15.5 Å². The second-order valence-corrected chi connectivity index (χ2v) is 6.78. The van der Waals surface area contributed by atoms with Crippen molar-refractivity contribution in [1.82, 2.24) is 20.1 Å². The molecule has 0 aliphatic rings. The third kappa shape index (κ3) is 4.06. The quantitative estimate of drug-likeness (QED) is 0.701. The van der Waals surface area contributed by atoms with Gasteiger partial charge in [0.2, 0.25) is 0 Å². The molecule has 6 nitrogen and oxygen atoms in total. The molecule has 1 aromatic heterocycles. The number of nitrogens with one attached hydrogen (secondary N) is 1. The summed E-state index contributed by atoms with van der Waals surface area (Å²) in [5.74, 6) is 0.546. The van der Waals surface area contributed by atoms with Crippen LogP contribution in [0.1, 0.15) is 54.6 Å². The van der Waals surface area contributed by atoms with Crippen LogP contribution in [0.15, 0.2) is 54.9 Å². The minimum atomic E-state index is -0.268. The zero-order chi connectivity index (χ0) is 19.4. The Morgan fingerprint density at radius 3 is 2.67 bits per heavy atom. The van der Waals surface area contributed by atoms with Crippen molar-refractivity contribution in [3.8, 4) is 11.1 Å². The molecule has 0 aliphatic carbocycles. The summed E-state index contributed by atoms with van der Waals surface area (Å²) in [7, 11) is 0. The monoisotopic (exact) mass is 364 g/mol. The molecule has 0 spiro atoms. The summed E-state index contributed by atoms with van der Waals surface area (Å²) in [6.45, 7) is 5.94. The first-order valence-electron chi connectivity index (χ1n) is 9.00. The fraction of sp³-hybridized carbons (Fsp3) is 0.286. The molecule has 0 bridgehead atoms. The van der Waals surface area contributed by atoms with Crippen molar-refractivity contribution in [1.29, 1.82) is 0 Å². The van der Waals surface area contributed by atoms with Crippen LogP contribution < -0.4 is 5.32 Å². The van der Waals surface area contributed by atoms with Gasteiger partial charge in [0.25, 0.3) is 5.91 Å². The van der Waals surface area contributed by atoms with E-state index in [9.17, 15) is 9.90 Å². The summed E-state index contributed by atoms with van der Waals surface area (Å²) >= 11 is 0. The second-order valence-electron chi connectivity index (χ2n) is 6.78. The van der Waals surface area contributed by atoms with Crippen molar-refractivity contribution >= 4 is 5.91 Å². The molecular weight excluding hydrogens is 340 g/mol. The number of rotatable bonds is 6. The summed E-state index contributed by atoms with van der Waals surface area (Å²) in [5, 5.41) is 20.6. The molecule has 1 unspecified atom stereocenters. The van der Waals surface area contributed by atoms with E-state index in [0.717, 1.165) is 22.5 Å². The SMILES string of the molecule is CC(NC(=O)c1cccc(-c2ccccc2CO)c1)c1nncn1C(C)C. The van der Waals surface area contributed by atoms with Gasteiger partial charge in [0, 0.05) is 11.6 Å². The number of carbonyl (C=O) groups excluding carboxylic acids is 1. The molecule has 2 N–H and O–H groups in total. The summed E-state index contributed by atoms with van der Waals surface area (Å²) in [6.07, 6.45) is 1.68. The van der Waals surface area contributed by atoms with Gasteiger partial charge in [0.05, 0.1) is 12.6 Å². The van der Waals surface area contributed by atoms with Gasteiger partial charge in [-0.1, -0.05) is 36.4 Å². The molecule has 3 aromatic rings. The highest BCUT2D eigenvalue weighted by molar-refractivity contribution is 5.95. The topological polar surface area (TPSA) is 80.0 Å². The van der Waals surface area contributed by atoms with E-state index in [4.69, 9.17) is 0 Å². The van der Waals surface area contributed by atoms with Gasteiger partial charge in [-0.2, -0.15) is 0 Å². The van der Waals surface area contributed by atoms with Crippen molar-refractivity contribution in [2.75, 3.05) is 0 Å².